The lowest BCUT2D eigenvalue weighted by molar-refractivity contribution is -0.123. The summed E-state index contributed by atoms with van der Waals surface area (Å²) in [6, 6.07) is 23.9. The number of carbonyl (C=O) groups is 2. The van der Waals surface area contributed by atoms with Gasteiger partial charge in [-0.05, 0) is 76.1 Å². The Morgan fingerprint density at radius 3 is 2.33 bits per heavy atom. The van der Waals surface area contributed by atoms with E-state index in [4.69, 9.17) is 13.7 Å². The quantitative estimate of drug-likeness (QED) is 0.195. The molecule has 0 aromatic heterocycles. The Morgan fingerprint density at radius 2 is 1.59 bits per heavy atom. The summed E-state index contributed by atoms with van der Waals surface area (Å²) in [4.78, 5) is 27.3. The van der Waals surface area contributed by atoms with Gasteiger partial charge in [-0.3, -0.25) is 14.5 Å². The first-order valence-corrected chi connectivity index (χ1v) is 14.0. The van der Waals surface area contributed by atoms with E-state index in [2.05, 4.69) is 0 Å². The van der Waals surface area contributed by atoms with Gasteiger partial charge in [0.05, 0.1) is 25.7 Å². The third-order valence-corrected chi connectivity index (χ3v) is 8.27. The van der Waals surface area contributed by atoms with Gasteiger partial charge in [-0.2, -0.15) is 8.42 Å². The Balaban J connectivity index is 1.36. The number of imide groups is 1. The van der Waals surface area contributed by atoms with Crippen molar-refractivity contribution in [3.8, 4) is 17.2 Å². The van der Waals surface area contributed by atoms with Crippen LogP contribution in [0.4, 0.5) is 4.79 Å². The molecule has 2 amide bonds. The Kier molecular flexibility index (Phi) is 7.32. The zero-order valence-corrected chi connectivity index (χ0v) is 22.6. The molecule has 8 nitrogen and oxygen atoms in total. The first-order chi connectivity index (χ1) is 18.8. The Labute approximate surface area is 229 Å². The van der Waals surface area contributed by atoms with Crippen molar-refractivity contribution >= 4 is 49.9 Å². The number of rotatable bonds is 8. The van der Waals surface area contributed by atoms with Crippen LogP contribution in [0.25, 0.3) is 16.8 Å². The van der Waals surface area contributed by atoms with Crippen LogP contribution < -0.4 is 13.7 Å². The summed E-state index contributed by atoms with van der Waals surface area (Å²) >= 11 is 0.850. The van der Waals surface area contributed by atoms with E-state index in [1.54, 1.807) is 12.1 Å². The molecule has 1 aliphatic rings. The van der Waals surface area contributed by atoms with Crippen LogP contribution in [-0.4, -0.2) is 38.7 Å². The number of benzene rings is 4. The minimum absolute atomic E-state index is 0.0190. The molecule has 5 rings (SSSR count). The number of nitrogens with zero attached hydrogens (tertiary/aromatic N) is 1. The van der Waals surface area contributed by atoms with E-state index in [0.29, 0.717) is 11.3 Å². The van der Waals surface area contributed by atoms with E-state index in [0.717, 1.165) is 28.1 Å². The monoisotopic (exact) mass is 561 g/mol. The number of methoxy groups -OCH3 is 2. The number of fused-ring (bicyclic) bond motifs is 1. The summed E-state index contributed by atoms with van der Waals surface area (Å²) in [6.07, 6.45) is 1.57. The number of thioether (sulfide) groups is 1. The summed E-state index contributed by atoms with van der Waals surface area (Å²) in [5.74, 6) is 0.238. The van der Waals surface area contributed by atoms with E-state index in [1.807, 2.05) is 42.5 Å². The van der Waals surface area contributed by atoms with Gasteiger partial charge >= 0.3 is 10.1 Å². The second kappa shape index (κ2) is 10.8. The summed E-state index contributed by atoms with van der Waals surface area (Å²) in [6.45, 7) is 0.155. The minimum atomic E-state index is -4.14. The second-order valence-corrected chi connectivity index (χ2v) is 11.1. The fourth-order valence-electron chi connectivity index (χ4n) is 4.14. The van der Waals surface area contributed by atoms with Crippen LogP contribution in [0.1, 0.15) is 11.1 Å². The van der Waals surface area contributed by atoms with Gasteiger partial charge in [-0.25, -0.2) is 0 Å². The van der Waals surface area contributed by atoms with Gasteiger partial charge in [0.1, 0.15) is 10.6 Å². The minimum Gasteiger partial charge on any atom is -0.497 e. The fourth-order valence-corrected chi connectivity index (χ4v) is 5.92. The lowest BCUT2D eigenvalue weighted by atomic mass is 10.0. The Morgan fingerprint density at radius 1 is 0.846 bits per heavy atom. The highest BCUT2D eigenvalue weighted by Gasteiger charge is 2.35. The van der Waals surface area contributed by atoms with Crippen molar-refractivity contribution in [3.63, 3.8) is 0 Å². The SMILES string of the molecule is COc1ccc(S(=O)(=O)Oc2ccc(/C=C3\SC(=O)N(Cc4cccc5ccccc45)C3=O)cc2OC)cc1. The highest BCUT2D eigenvalue weighted by atomic mass is 32.2. The van der Waals surface area contributed by atoms with Gasteiger partial charge in [-0.15, -0.1) is 0 Å². The molecule has 4 aromatic rings. The van der Waals surface area contributed by atoms with E-state index in [9.17, 15) is 18.0 Å². The Hall–Kier alpha value is -4.28. The van der Waals surface area contributed by atoms with Crippen molar-refractivity contribution in [1.82, 2.24) is 4.90 Å². The lowest BCUT2D eigenvalue weighted by Gasteiger charge is -2.14. The van der Waals surface area contributed by atoms with Gasteiger partial charge in [0.25, 0.3) is 11.1 Å². The second-order valence-electron chi connectivity index (χ2n) is 8.53. The van der Waals surface area contributed by atoms with Crippen LogP contribution in [0, 0.1) is 0 Å². The molecule has 0 atom stereocenters. The Bertz CT molecular complexity index is 1710. The zero-order valence-electron chi connectivity index (χ0n) is 21.0. The summed E-state index contributed by atoms with van der Waals surface area (Å²) < 4.78 is 41.2. The molecule has 1 fully saturated rings. The molecule has 0 spiro atoms. The van der Waals surface area contributed by atoms with E-state index < -0.39 is 16.0 Å². The third kappa shape index (κ3) is 5.47. The molecule has 0 N–H and O–H groups in total. The van der Waals surface area contributed by atoms with Crippen LogP contribution in [0.2, 0.25) is 0 Å². The van der Waals surface area contributed by atoms with Gasteiger partial charge in [0, 0.05) is 0 Å². The van der Waals surface area contributed by atoms with Gasteiger partial charge in [-0.1, -0.05) is 48.5 Å². The maximum Gasteiger partial charge on any atom is 0.339 e. The molecular formula is C29H23NO7S2. The fraction of sp³-hybridized carbons (Fsp3) is 0.103. The maximum absolute atomic E-state index is 13.1. The predicted octanol–water partition coefficient (Wildman–Crippen LogP) is 5.86. The molecule has 1 aliphatic heterocycles. The largest absolute Gasteiger partial charge is 0.497 e. The highest BCUT2D eigenvalue weighted by molar-refractivity contribution is 8.18. The molecule has 0 unspecified atom stereocenters. The highest BCUT2D eigenvalue weighted by Crippen LogP contribution is 2.36. The number of ether oxygens (including phenoxy) is 2. The number of hydrogen-bond donors (Lipinski definition) is 0. The molecule has 4 aromatic carbocycles. The topological polar surface area (TPSA) is 99.2 Å². The summed E-state index contributed by atoms with van der Waals surface area (Å²) in [5.41, 5.74) is 1.41. The zero-order chi connectivity index (χ0) is 27.6. The van der Waals surface area contributed by atoms with Crippen molar-refractivity contribution < 1.29 is 31.7 Å². The van der Waals surface area contributed by atoms with Crippen molar-refractivity contribution in [2.75, 3.05) is 14.2 Å². The molecule has 0 bridgehead atoms. The van der Waals surface area contributed by atoms with Crippen molar-refractivity contribution in [1.29, 1.82) is 0 Å². The smallest absolute Gasteiger partial charge is 0.339 e. The van der Waals surface area contributed by atoms with Crippen LogP contribution in [0.5, 0.6) is 17.2 Å². The summed E-state index contributed by atoms with van der Waals surface area (Å²) in [7, 11) is -1.27. The molecule has 39 heavy (non-hydrogen) atoms. The first-order valence-electron chi connectivity index (χ1n) is 11.8. The molecule has 10 heteroatoms. The lowest BCUT2D eigenvalue weighted by Crippen LogP contribution is -2.27. The average Bonchev–Trinajstić information content (AvgIpc) is 3.21. The molecular weight excluding hydrogens is 538 g/mol. The molecule has 0 radical (unpaired) electrons. The standard InChI is InChI=1S/C29H23NO7S2/c1-35-22-11-13-23(14-12-22)39(33,34)37-25-15-10-19(16-26(25)36-2)17-27-28(31)30(29(32)38-27)18-21-8-5-7-20-6-3-4-9-24(20)21/h3-17H,18H2,1-2H3/b27-17-. The normalized spacial score (nSPS) is 14.7. The van der Waals surface area contributed by atoms with Crippen molar-refractivity contribution in [2.45, 2.75) is 11.4 Å². The summed E-state index contributed by atoms with van der Waals surface area (Å²) in [5, 5.41) is 1.64. The van der Waals surface area contributed by atoms with Crippen molar-refractivity contribution in [2.24, 2.45) is 0 Å². The van der Waals surface area contributed by atoms with Crippen LogP contribution in [0.15, 0.2) is 94.7 Å². The van der Waals surface area contributed by atoms with Gasteiger partial charge < -0.3 is 13.7 Å². The maximum atomic E-state index is 13.1. The first kappa shape index (κ1) is 26.3. The van der Waals surface area contributed by atoms with Gasteiger partial charge in [0.15, 0.2) is 11.5 Å². The van der Waals surface area contributed by atoms with E-state index in [-0.39, 0.29) is 33.1 Å². The van der Waals surface area contributed by atoms with Crippen LogP contribution in [-0.2, 0) is 21.5 Å². The number of amides is 2. The van der Waals surface area contributed by atoms with Crippen LogP contribution >= 0.6 is 11.8 Å². The number of carbonyl (C=O) groups excluding carboxylic acids is 2. The van der Waals surface area contributed by atoms with Crippen molar-refractivity contribution in [3.05, 3.63) is 101 Å². The van der Waals surface area contributed by atoms with E-state index in [1.165, 1.54) is 55.5 Å². The third-order valence-electron chi connectivity index (χ3n) is 6.12. The number of hydrogen-bond acceptors (Lipinski definition) is 8. The molecule has 0 saturated carbocycles. The predicted molar refractivity (Wildman–Crippen MR) is 149 cm³/mol. The molecule has 1 heterocycles. The average molecular weight is 562 g/mol. The van der Waals surface area contributed by atoms with Crippen LogP contribution in [0.3, 0.4) is 0 Å². The molecule has 0 aliphatic carbocycles. The van der Waals surface area contributed by atoms with Gasteiger partial charge in [0.2, 0.25) is 0 Å². The van der Waals surface area contributed by atoms with E-state index >= 15 is 0 Å². The molecule has 198 valence electrons. The molecule has 1 saturated heterocycles.